The Morgan fingerprint density at radius 1 is 0.886 bits per heavy atom. The summed E-state index contributed by atoms with van der Waals surface area (Å²) in [6.07, 6.45) is -3.38. The van der Waals surface area contributed by atoms with Gasteiger partial charge in [0.25, 0.3) is 27.7 Å². The second-order valence-corrected chi connectivity index (χ2v) is 8.56. The molecule has 0 aliphatic rings. The van der Waals surface area contributed by atoms with Gasteiger partial charge in [-0.05, 0) is 48.5 Å². The highest BCUT2D eigenvalue weighted by atomic mass is 32.2. The van der Waals surface area contributed by atoms with Gasteiger partial charge in [0, 0.05) is 11.3 Å². The first-order chi connectivity index (χ1) is 16.5. The van der Waals surface area contributed by atoms with E-state index < -0.39 is 50.9 Å². The van der Waals surface area contributed by atoms with Gasteiger partial charge in [-0.1, -0.05) is 12.1 Å². The molecule has 3 aromatic rings. The normalized spacial score (nSPS) is 11.4. The molecule has 0 saturated carbocycles. The molecule has 3 amide bonds. The second-order valence-electron chi connectivity index (χ2n) is 6.87. The molecule has 1 aromatic heterocycles. The van der Waals surface area contributed by atoms with Crippen LogP contribution in [0.2, 0.25) is 0 Å². The van der Waals surface area contributed by atoms with Crippen molar-refractivity contribution in [3.63, 3.8) is 0 Å². The van der Waals surface area contributed by atoms with Gasteiger partial charge in [0.2, 0.25) is 0 Å². The summed E-state index contributed by atoms with van der Waals surface area (Å²) in [7, 11) is -4.34. The van der Waals surface area contributed by atoms with Gasteiger partial charge in [0.05, 0.1) is 23.3 Å². The van der Waals surface area contributed by atoms with Crippen LogP contribution < -0.4 is 20.9 Å². The highest BCUT2D eigenvalue weighted by molar-refractivity contribution is 7.92. The number of hydrogen-bond donors (Lipinski definition) is 4. The van der Waals surface area contributed by atoms with Crippen LogP contribution in [0.4, 0.5) is 18.9 Å². The maximum Gasteiger partial charge on any atom is 0.416 e. The molecule has 0 bridgehead atoms. The van der Waals surface area contributed by atoms with Crippen molar-refractivity contribution in [3.8, 4) is 0 Å². The molecule has 2 aromatic carbocycles. The molecular formula is C21H17F3N4O6S. The van der Waals surface area contributed by atoms with E-state index in [9.17, 15) is 36.0 Å². The number of amides is 3. The van der Waals surface area contributed by atoms with Crippen molar-refractivity contribution < 1.29 is 40.4 Å². The van der Waals surface area contributed by atoms with Crippen LogP contribution in [0.1, 0.15) is 26.5 Å². The molecule has 14 heteroatoms. The molecule has 0 atom stereocenters. The number of furan rings is 1. The van der Waals surface area contributed by atoms with Crippen LogP contribution in [0.3, 0.4) is 0 Å². The lowest BCUT2D eigenvalue weighted by atomic mass is 10.2. The Bertz CT molecular complexity index is 1340. The molecule has 4 N–H and O–H groups in total. The third-order valence-corrected chi connectivity index (χ3v) is 5.70. The lowest BCUT2D eigenvalue weighted by Crippen LogP contribution is -2.46. The standard InChI is InChI=1S/C21H17F3N4O6S/c22-21(23,24)14-5-2-6-15(11-14)28-35(32,33)16-7-1-4-13(10-16)19(30)27-26-18(29)12-25-20(31)17-8-3-9-34-17/h1-11,28H,12H2,(H,25,31)(H,26,29)(H,27,30). The SMILES string of the molecule is O=C(CNC(=O)c1ccco1)NNC(=O)c1cccc(S(=O)(=O)Nc2cccc(C(F)(F)F)c2)c1. The monoisotopic (exact) mass is 510 g/mol. The zero-order valence-electron chi connectivity index (χ0n) is 17.5. The van der Waals surface area contributed by atoms with Gasteiger partial charge >= 0.3 is 6.18 Å². The van der Waals surface area contributed by atoms with Gasteiger partial charge in [0.1, 0.15) is 0 Å². The summed E-state index contributed by atoms with van der Waals surface area (Å²) in [5.74, 6) is -2.33. The number of nitrogens with one attached hydrogen (secondary N) is 4. The van der Waals surface area contributed by atoms with Crippen molar-refractivity contribution in [3.05, 3.63) is 83.8 Å². The minimum absolute atomic E-state index is 0.0152. The number of benzene rings is 2. The van der Waals surface area contributed by atoms with Crippen molar-refractivity contribution in [1.29, 1.82) is 0 Å². The molecule has 0 aliphatic carbocycles. The number of sulfonamides is 1. The van der Waals surface area contributed by atoms with Gasteiger partial charge in [-0.15, -0.1) is 0 Å². The number of halogens is 3. The number of carbonyl (C=O) groups is 3. The van der Waals surface area contributed by atoms with Crippen molar-refractivity contribution in [1.82, 2.24) is 16.2 Å². The Morgan fingerprint density at radius 2 is 1.63 bits per heavy atom. The second kappa shape index (κ2) is 10.3. The molecular weight excluding hydrogens is 493 g/mol. The number of carbonyl (C=O) groups excluding carboxylic acids is 3. The summed E-state index contributed by atoms with van der Waals surface area (Å²) in [6, 6.07) is 11.1. The van der Waals surface area contributed by atoms with E-state index in [0.717, 1.165) is 30.3 Å². The molecule has 0 saturated heterocycles. The van der Waals surface area contributed by atoms with E-state index in [1.807, 2.05) is 10.1 Å². The number of rotatable bonds is 7. The lowest BCUT2D eigenvalue weighted by Gasteiger charge is -2.12. The largest absolute Gasteiger partial charge is 0.459 e. The Morgan fingerprint density at radius 3 is 2.31 bits per heavy atom. The average Bonchev–Trinajstić information content (AvgIpc) is 3.35. The third-order valence-electron chi connectivity index (χ3n) is 4.32. The molecule has 35 heavy (non-hydrogen) atoms. The van der Waals surface area contributed by atoms with E-state index in [4.69, 9.17) is 4.42 Å². The highest BCUT2D eigenvalue weighted by Gasteiger charge is 2.30. The van der Waals surface area contributed by atoms with Crippen LogP contribution in [0.25, 0.3) is 0 Å². The number of anilines is 1. The maximum atomic E-state index is 12.9. The Balaban J connectivity index is 1.61. The molecule has 0 fully saturated rings. The predicted octanol–water partition coefficient (Wildman–Crippen LogP) is 2.29. The summed E-state index contributed by atoms with van der Waals surface area (Å²) in [5.41, 5.74) is 2.57. The average molecular weight is 510 g/mol. The Labute approximate surface area is 196 Å². The van der Waals surface area contributed by atoms with Crippen LogP contribution in [0.15, 0.2) is 76.2 Å². The summed E-state index contributed by atoms with van der Waals surface area (Å²) in [6.45, 7) is -0.491. The quantitative estimate of drug-likeness (QED) is 0.359. The van der Waals surface area contributed by atoms with E-state index in [2.05, 4.69) is 10.7 Å². The summed E-state index contributed by atoms with van der Waals surface area (Å²) >= 11 is 0. The fraction of sp³-hybridized carbons (Fsp3) is 0.0952. The van der Waals surface area contributed by atoms with E-state index in [0.29, 0.717) is 6.07 Å². The van der Waals surface area contributed by atoms with E-state index in [1.54, 1.807) is 0 Å². The number of hydrazine groups is 1. The molecule has 3 rings (SSSR count). The first-order valence-electron chi connectivity index (χ1n) is 9.67. The van der Waals surface area contributed by atoms with Gasteiger partial charge < -0.3 is 9.73 Å². The van der Waals surface area contributed by atoms with Crippen molar-refractivity contribution in [2.45, 2.75) is 11.1 Å². The predicted molar refractivity (Wildman–Crippen MR) is 115 cm³/mol. The van der Waals surface area contributed by atoms with Crippen LogP contribution in [-0.4, -0.2) is 32.7 Å². The summed E-state index contributed by atoms with van der Waals surface area (Å²) < 4.78 is 70.7. The smallest absolute Gasteiger partial charge is 0.416 e. The fourth-order valence-electron chi connectivity index (χ4n) is 2.68. The lowest BCUT2D eigenvalue weighted by molar-refractivity contribution is -0.137. The first kappa shape index (κ1) is 25.3. The van der Waals surface area contributed by atoms with Gasteiger partial charge in [0.15, 0.2) is 5.76 Å². The minimum Gasteiger partial charge on any atom is -0.459 e. The zero-order valence-corrected chi connectivity index (χ0v) is 18.4. The topological polar surface area (TPSA) is 147 Å². The van der Waals surface area contributed by atoms with Crippen molar-refractivity contribution in [2.24, 2.45) is 0 Å². The molecule has 0 unspecified atom stereocenters. The van der Waals surface area contributed by atoms with Crippen LogP contribution in [-0.2, 0) is 21.0 Å². The molecule has 1 heterocycles. The van der Waals surface area contributed by atoms with E-state index >= 15 is 0 Å². The number of alkyl halides is 3. The number of hydrogen-bond acceptors (Lipinski definition) is 6. The van der Waals surface area contributed by atoms with Gasteiger partial charge in [-0.25, -0.2) is 8.42 Å². The fourth-order valence-corrected chi connectivity index (χ4v) is 3.77. The molecule has 0 aliphatic heterocycles. The summed E-state index contributed by atoms with van der Waals surface area (Å²) in [4.78, 5) is 35.4. The molecule has 0 spiro atoms. The molecule has 10 nitrogen and oxygen atoms in total. The van der Waals surface area contributed by atoms with E-state index in [1.165, 1.54) is 30.5 Å². The minimum atomic E-state index is -4.66. The Kier molecular flexibility index (Phi) is 7.44. The third kappa shape index (κ3) is 6.83. The van der Waals surface area contributed by atoms with Crippen molar-refractivity contribution >= 4 is 33.4 Å². The van der Waals surface area contributed by atoms with Gasteiger partial charge in [-0.3, -0.25) is 30.0 Å². The molecule has 0 radical (unpaired) electrons. The zero-order chi connectivity index (χ0) is 25.6. The molecule has 184 valence electrons. The van der Waals surface area contributed by atoms with Crippen LogP contribution in [0.5, 0.6) is 0 Å². The maximum absolute atomic E-state index is 12.9. The van der Waals surface area contributed by atoms with E-state index in [-0.39, 0.29) is 17.0 Å². The van der Waals surface area contributed by atoms with Crippen molar-refractivity contribution in [2.75, 3.05) is 11.3 Å². The Hall–Kier alpha value is -4.33. The first-order valence-corrected chi connectivity index (χ1v) is 11.1. The van der Waals surface area contributed by atoms with Crippen LogP contribution in [0, 0.1) is 0 Å². The summed E-state index contributed by atoms with van der Waals surface area (Å²) in [5, 5.41) is 2.26. The highest BCUT2D eigenvalue weighted by Crippen LogP contribution is 2.31. The van der Waals surface area contributed by atoms with Gasteiger partial charge in [-0.2, -0.15) is 13.2 Å². The van der Waals surface area contributed by atoms with Crippen LogP contribution >= 0.6 is 0 Å².